The lowest BCUT2D eigenvalue weighted by Crippen LogP contribution is -2.46. The first-order valence-corrected chi connectivity index (χ1v) is 13.5. The Bertz CT molecular complexity index is 1550. The van der Waals surface area contributed by atoms with Crippen LogP contribution in [0.4, 0.5) is 8.78 Å². The summed E-state index contributed by atoms with van der Waals surface area (Å²) in [5, 5.41) is 2.91. The SMILES string of the molecule is NC(=O)c1cn(CC(=O)N2C[C@H](F)C[C@H]2C(=O)NCc2cccc(Cl)c2F)c2cc(C(=O)N3CCC(N)C3)ccc12. The van der Waals surface area contributed by atoms with E-state index in [2.05, 4.69) is 5.32 Å². The van der Waals surface area contributed by atoms with Gasteiger partial charge in [0, 0.05) is 54.8 Å². The van der Waals surface area contributed by atoms with Crippen molar-refractivity contribution in [3.63, 3.8) is 0 Å². The lowest BCUT2D eigenvalue weighted by molar-refractivity contribution is -0.139. The minimum Gasteiger partial charge on any atom is -0.366 e. The molecule has 3 heterocycles. The number of carbonyl (C=O) groups excluding carboxylic acids is 4. The van der Waals surface area contributed by atoms with Gasteiger partial charge in [0.15, 0.2) is 0 Å². The van der Waals surface area contributed by atoms with E-state index in [1.165, 1.54) is 29.0 Å². The number of halogens is 3. The van der Waals surface area contributed by atoms with Crippen molar-refractivity contribution in [1.82, 2.24) is 19.7 Å². The molecule has 1 aromatic heterocycles. The number of amides is 4. The second-order valence-corrected chi connectivity index (χ2v) is 10.8. The number of hydrogen-bond acceptors (Lipinski definition) is 5. The Morgan fingerprint density at radius 2 is 1.90 bits per heavy atom. The Morgan fingerprint density at radius 1 is 1.12 bits per heavy atom. The summed E-state index contributed by atoms with van der Waals surface area (Å²) >= 11 is 5.80. The monoisotopic (exact) mass is 586 g/mol. The van der Waals surface area contributed by atoms with Crippen molar-refractivity contribution in [1.29, 1.82) is 0 Å². The van der Waals surface area contributed by atoms with Crippen molar-refractivity contribution >= 4 is 46.1 Å². The molecule has 2 fully saturated rings. The van der Waals surface area contributed by atoms with Crippen molar-refractivity contribution < 1.29 is 28.0 Å². The van der Waals surface area contributed by atoms with Crippen molar-refractivity contribution in [2.45, 2.75) is 44.2 Å². The van der Waals surface area contributed by atoms with Gasteiger partial charge in [0.25, 0.3) is 11.8 Å². The first-order chi connectivity index (χ1) is 19.5. The van der Waals surface area contributed by atoms with Crippen molar-refractivity contribution in [3.05, 3.63) is 70.1 Å². The summed E-state index contributed by atoms with van der Waals surface area (Å²) < 4.78 is 30.2. The molecule has 10 nitrogen and oxygen atoms in total. The van der Waals surface area contributed by atoms with Gasteiger partial charge in [-0.05, 0) is 24.6 Å². The molecule has 2 saturated heterocycles. The standard InChI is InChI=1S/C28H29ClF2N6O4/c29-21-3-1-2-16(25(21)31)10-34-27(40)23-9-17(30)11-37(23)24(38)14-36-13-20(26(33)39)19-5-4-15(8-22(19)36)28(41)35-7-6-18(32)12-35/h1-5,8,13,17-18,23H,6-7,9-12,14,32H2,(H2,33,39)(H,34,40)/t17-,18?,23+/m1/s1. The fourth-order valence-corrected chi connectivity index (χ4v) is 5.63. The summed E-state index contributed by atoms with van der Waals surface area (Å²) in [5.74, 6) is -2.83. The first kappa shape index (κ1) is 28.5. The van der Waals surface area contributed by atoms with Gasteiger partial charge < -0.3 is 31.2 Å². The molecule has 2 aromatic carbocycles. The van der Waals surface area contributed by atoms with E-state index >= 15 is 0 Å². The van der Waals surface area contributed by atoms with Crippen molar-refractivity contribution in [2.24, 2.45) is 11.5 Å². The number of likely N-dealkylation sites (tertiary alicyclic amines) is 2. The van der Waals surface area contributed by atoms with Crippen LogP contribution in [0.15, 0.2) is 42.6 Å². The van der Waals surface area contributed by atoms with Crippen LogP contribution in [0.5, 0.6) is 0 Å². The molecule has 0 saturated carbocycles. The van der Waals surface area contributed by atoms with Gasteiger partial charge in [0.2, 0.25) is 11.8 Å². The topological polar surface area (TPSA) is 144 Å². The molecule has 0 spiro atoms. The summed E-state index contributed by atoms with van der Waals surface area (Å²) in [6.45, 7) is 0.120. The normalized spacial score (nSPS) is 20.5. The Balaban J connectivity index is 1.36. The minimum atomic E-state index is -1.43. The van der Waals surface area contributed by atoms with Crippen LogP contribution in [0.1, 0.15) is 39.1 Å². The van der Waals surface area contributed by atoms with Crippen LogP contribution in [0.3, 0.4) is 0 Å². The molecule has 0 bridgehead atoms. The van der Waals surface area contributed by atoms with Gasteiger partial charge in [-0.1, -0.05) is 29.8 Å². The molecule has 0 aliphatic carbocycles. The van der Waals surface area contributed by atoms with E-state index in [0.717, 1.165) is 4.90 Å². The number of nitrogens with one attached hydrogen (secondary N) is 1. The quantitative estimate of drug-likeness (QED) is 0.388. The van der Waals surface area contributed by atoms with E-state index in [9.17, 15) is 28.0 Å². The third-order valence-corrected chi connectivity index (χ3v) is 7.86. The number of rotatable bonds is 7. The zero-order valence-electron chi connectivity index (χ0n) is 22.0. The third-order valence-electron chi connectivity index (χ3n) is 7.57. The van der Waals surface area contributed by atoms with Gasteiger partial charge in [-0.2, -0.15) is 0 Å². The lowest BCUT2D eigenvalue weighted by atomic mass is 10.1. The predicted molar refractivity (Wildman–Crippen MR) is 147 cm³/mol. The molecule has 0 radical (unpaired) electrons. The molecule has 5 rings (SSSR count). The Morgan fingerprint density at radius 3 is 2.61 bits per heavy atom. The fourth-order valence-electron chi connectivity index (χ4n) is 5.44. The van der Waals surface area contributed by atoms with E-state index in [-0.39, 0.29) is 54.2 Å². The van der Waals surface area contributed by atoms with Crippen LogP contribution in [-0.4, -0.2) is 75.9 Å². The number of hydrogen-bond donors (Lipinski definition) is 3. The van der Waals surface area contributed by atoms with Crippen molar-refractivity contribution in [2.75, 3.05) is 19.6 Å². The molecule has 216 valence electrons. The molecule has 41 heavy (non-hydrogen) atoms. The van der Waals surface area contributed by atoms with Crippen molar-refractivity contribution in [3.8, 4) is 0 Å². The highest BCUT2D eigenvalue weighted by atomic mass is 35.5. The highest BCUT2D eigenvalue weighted by Crippen LogP contribution is 2.27. The van der Waals surface area contributed by atoms with E-state index < -0.39 is 35.8 Å². The summed E-state index contributed by atoms with van der Waals surface area (Å²) in [6.07, 6.45) is 0.450. The molecular formula is C28H29ClF2N6O4. The Labute approximate surface area is 239 Å². The minimum absolute atomic E-state index is 0.0959. The summed E-state index contributed by atoms with van der Waals surface area (Å²) in [4.78, 5) is 54.3. The van der Waals surface area contributed by atoms with Crippen LogP contribution in [0.2, 0.25) is 5.02 Å². The third kappa shape index (κ3) is 5.75. The van der Waals surface area contributed by atoms with Gasteiger partial charge in [-0.25, -0.2) is 8.78 Å². The number of primary amides is 1. The molecular weight excluding hydrogens is 558 g/mol. The number of benzene rings is 2. The predicted octanol–water partition coefficient (Wildman–Crippen LogP) is 1.96. The van der Waals surface area contributed by atoms with Gasteiger partial charge in [0.05, 0.1) is 22.6 Å². The Hall–Kier alpha value is -4.03. The number of nitrogens with zero attached hydrogens (tertiary/aromatic N) is 3. The summed E-state index contributed by atoms with van der Waals surface area (Å²) in [6, 6.07) is 7.92. The van der Waals surface area contributed by atoms with Gasteiger partial charge in [-0.3, -0.25) is 19.2 Å². The molecule has 13 heteroatoms. The van der Waals surface area contributed by atoms with Crippen LogP contribution in [-0.2, 0) is 22.7 Å². The van der Waals surface area contributed by atoms with E-state index in [1.54, 1.807) is 23.1 Å². The highest BCUT2D eigenvalue weighted by molar-refractivity contribution is 6.30. The van der Waals surface area contributed by atoms with E-state index in [1.807, 2.05) is 0 Å². The molecule has 3 atom stereocenters. The Kier molecular flexibility index (Phi) is 7.96. The zero-order chi connectivity index (χ0) is 29.4. The van der Waals surface area contributed by atoms with Gasteiger partial charge in [0.1, 0.15) is 24.6 Å². The number of carbonyl (C=O) groups is 4. The number of aromatic nitrogens is 1. The van der Waals surface area contributed by atoms with Crippen LogP contribution >= 0.6 is 11.6 Å². The number of alkyl halides is 1. The number of fused-ring (bicyclic) bond motifs is 1. The molecule has 4 amide bonds. The molecule has 2 aliphatic rings. The maximum Gasteiger partial charge on any atom is 0.253 e. The lowest BCUT2D eigenvalue weighted by Gasteiger charge is -2.24. The first-order valence-electron chi connectivity index (χ1n) is 13.1. The maximum atomic E-state index is 14.5. The molecule has 5 N–H and O–H groups in total. The number of nitrogens with two attached hydrogens (primary N) is 2. The van der Waals surface area contributed by atoms with E-state index in [0.29, 0.717) is 36.0 Å². The maximum absolute atomic E-state index is 14.5. The second-order valence-electron chi connectivity index (χ2n) is 10.4. The second kappa shape index (κ2) is 11.5. The zero-order valence-corrected chi connectivity index (χ0v) is 22.7. The highest BCUT2D eigenvalue weighted by Gasteiger charge is 2.40. The smallest absolute Gasteiger partial charge is 0.253 e. The van der Waals surface area contributed by atoms with Crippen LogP contribution in [0, 0.1) is 5.82 Å². The molecule has 3 aromatic rings. The van der Waals surface area contributed by atoms with Crippen LogP contribution in [0.25, 0.3) is 10.9 Å². The summed E-state index contributed by atoms with van der Waals surface area (Å²) in [5.41, 5.74) is 12.6. The van der Waals surface area contributed by atoms with Gasteiger partial charge >= 0.3 is 0 Å². The van der Waals surface area contributed by atoms with Gasteiger partial charge in [-0.15, -0.1) is 0 Å². The molecule has 2 aliphatic heterocycles. The largest absolute Gasteiger partial charge is 0.366 e. The average Bonchev–Trinajstić information content (AvgIpc) is 3.65. The fraction of sp³-hybridized carbons (Fsp3) is 0.357. The summed E-state index contributed by atoms with van der Waals surface area (Å²) in [7, 11) is 0. The average molecular weight is 587 g/mol. The van der Waals surface area contributed by atoms with E-state index in [4.69, 9.17) is 23.1 Å². The van der Waals surface area contributed by atoms with Crippen LogP contribution < -0.4 is 16.8 Å². The molecule has 1 unspecified atom stereocenters.